The van der Waals surface area contributed by atoms with E-state index >= 15 is 0 Å². The van der Waals surface area contributed by atoms with Crippen molar-refractivity contribution in [3.8, 4) is 0 Å². The van der Waals surface area contributed by atoms with E-state index in [1.165, 1.54) is 16.4 Å². The first-order chi connectivity index (χ1) is 14.8. The fourth-order valence-electron chi connectivity index (χ4n) is 3.19. The van der Waals surface area contributed by atoms with Gasteiger partial charge in [0.15, 0.2) is 0 Å². The Morgan fingerprint density at radius 1 is 1.23 bits per heavy atom. The van der Waals surface area contributed by atoms with Gasteiger partial charge < -0.3 is 4.74 Å². The molecule has 0 saturated heterocycles. The number of benzene rings is 2. The van der Waals surface area contributed by atoms with Crippen molar-refractivity contribution in [3.63, 3.8) is 0 Å². The van der Waals surface area contributed by atoms with Crippen LogP contribution in [0.25, 0.3) is 5.57 Å². The van der Waals surface area contributed by atoms with Crippen LogP contribution in [0.5, 0.6) is 0 Å². The molecule has 1 aliphatic heterocycles. The number of ether oxygens (including phenoxy) is 1. The second-order valence-corrected chi connectivity index (χ2v) is 9.64. The summed E-state index contributed by atoms with van der Waals surface area (Å²) in [4.78, 5) is 22.5. The van der Waals surface area contributed by atoms with Gasteiger partial charge in [-0.1, -0.05) is 36.4 Å². The van der Waals surface area contributed by atoms with Gasteiger partial charge in [-0.3, -0.25) is 14.9 Å². The fraction of sp³-hybridized carbons (Fsp3) is 0.286. The number of nitrogens with zero attached hydrogens (tertiary/aromatic N) is 2. The molecule has 0 amide bonds. The molecule has 0 atom stereocenters. The molecule has 1 heterocycles. The van der Waals surface area contributed by atoms with Gasteiger partial charge in [0.05, 0.1) is 27.1 Å². The van der Waals surface area contributed by atoms with Crippen molar-refractivity contribution in [2.45, 2.75) is 23.1 Å². The minimum Gasteiger partial charge on any atom is -0.465 e. The Bertz CT molecular complexity index is 1100. The molecule has 0 N–H and O–H groups in total. The molecule has 8 nitrogen and oxygen atoms in total. The zero-order valence-electron chi connectivity index (χ0n) is 16.9. The largest absolute Gasteiger partial charge is 0.465 e. The maximum Gasteiger partial charge on any atom is 0.316 e. The molecule has 0 radical (unpaired) electrons. The predicted octanol–water partition coefficient (Wildman–Crippen LogP) is 3.73. The molecule has 0 aromatic heterocycles. The molecule has 0 bridgehead atoms. The van der Waals surface area contributed by atoms with Crippen LogP contribution in [0.2, 0.25) is 0 Å². The van der Waals surface area contributed by atoms with E-state index in [4.69, 9.17) is 4.74 Å². The second kappa shape index (κ2) is 10.1. The van der Waals surface area contributed by atoms with E-state index in [9.17, 15) is 23.3 Å². The average molecular weight is 463 g/mol. The summed E-state index contributed by atoms with van der Waals surface area (Å²) in [6, 6.07) is 13.5. The fourth-order valence-corrected chi connectivity index (χ4v) is 5.40. The van der Waals surface area contributed by atoms with E-state index in [1.807, 2.05) is 36.4 Å². The van der Waals surface area contributed by atoms with Crippen LogP contribution in [0.3, 0.4) is 0 Å². The Morgan fingerprint density at radius 3 is 2.58 bits per heavy atom. The number of carbonyl (C=O) groups is 1. The first-order valence-corrected chi connectivity index (χ1v) is 12.1. The highest BCUT2D eigenvalue weighted by Gasteiger charge is 2.29. The highest BCUT2D eigenvalue weighted by molar-refractivity contribution is 8.00. The van der Waals surface area contributed by atoms with Crippen molar-refractivity contribution in [2.75, 3.05) is 25.4 Å². The Kier molecular flexibility index (Phi) is 7.47. The Morgan fingerprint density at radius 2 is 1.97 bits per heavy atom. The number of nitro groups is 1. The first kappa shape index (κ1) is 23.0. The molecule has 0 spiro atoms. The van der Waals surface area contributed by atoms with Gasteiger partial charge in [0.25, 0.3) is 5.69 Å². The molecular weight excluding hydrogens is 440 g/mol. The zero-order chi connectivity index (χ0) is 22.4. The molecule has 164 valence electrons. The molecule has 0 aliphatic carbocycles. The number of carbonyl (C=O) groups excluding carboxylic acids is 1. The van der Waals surface area contributed by atoms with Gasteiger partial charge in [-0.25, -0.2) is 8.42 Å². The van der Waals surface area contributed by atoms with Crippen LogP contribution in [0.15, 0.2) is 64.4 Å². The van der Waals surface area contributed by atoms with Crippen molar-refractivity contribution in [3.05, 3.63) is 70.3 Å². The lowest BCUT2D eigenvalue weighted by Crippen LogP contribution is -2.34. The molecule has 2 aromatic carbocycles. The summed E-state index contributed by atoms with van der Waals surface area (Å²) in [5.74, 6) is -0.590. The van der Waals surface area contributed by atoms with Crippen LogP contribution in [-0.2, 0) is 19.6 Å². The predicted molar refractivity (Wildman–Crippen MR) is 118 cm³/mol. The van der Waals surface area contributed by atoms with Crippen LogP contribution in [0.4, 0.5) is 5.69 Å². The van der Waals surface area contributed by atoms with Gasteiger partial charge in [0, 0.05) is 19.2 Å². The molecule has 0 saturated carbocycles. The maximum absolute atomic E-state index is 13.1. The Balaban J connectivity index is 1.79. The van der Waals surface area contributed by atoms with Crippen LogP contribution in [0, 0.1) is 10.1 Å². The third kappa shape index (κ3) is 5.52. The van der Waals surface area contributed by atoms with Gasteiger partial charge >= 0.3 is 5.97 Å². The van der Waals surface area contributed by atoms with Gasteiger partial charge in [-0.2, -0.15) is 4.31 Å². The zero-order valence-corrected chi connectivity index (χ0v) is 18.5. The summed E-state index contributed by atoms with van der Waals surface area (Å²) in [5.41, 5.74) is 1.77. The van der Waals surface area contributed by atoms with E-state index in [2.05, 4.69) is 0 Å². The Labute approximate surface area is 185 Å². The van der Waals surface area contributed by atoms with E-state index in [0.717, 1.165) is 29.0 Å². The van der Waals surface area contributed by atoms with E-state index in [1.54, 1.807) is 6.92 Å². The summed E-state index contributed by atoms with van der Waals surface area (Å²) in [7, 11) is -3.90. The van der Waals surface area contributed by atoms with Crippen molar-refractivity contribution in [2.24, 2.45) is 0 Å². The topological polar surface area (TPSA) is 107 Å². The van der Waals surface area contributed by atoms with Gasteiger partial charge in [0.2, 0.25) is 10.0 Å². The summed E-state index contributed by atoms with van der Waals surface area (Å²) < 4.78 is 32.3. The van der Waals surface area contributed by atoms with E-state index in [0.29, 0.717) is 6.42 Å². The number of rotatable bonds is 8. The number of hydrogen-bond acceptors (Lipinski definition) is 7. The summed E-state index contributed by atoms with van der Waals surface area (Å²) in [5, 5.41) is 11.5. The molecule has 31 heavy (non-hydrogen) atoms. The normalized spacial score (nSPS) is 14.7. The summed E-state index contributed by atoms with van der Waals surface area (Å²) in [6.45, 7) is 2.37. The number of hydrogen-bond donors (Lipinski definition) is 0. The third-order valence-corrected chi connectivity index (χ3v) is 7.63. The molecule has 2 aromatic rings. The highest BCUT2D eigenvalue weighted by atomic mass is 32.2. The molecular formula is C21H22N2O6S2. The molecule has 0 unspecified atom stereocenters. The van der Waals surface area contributed by atoms with Crippen molar-refractivity contribution >= 4 is 39.0 Å². The lowest BCUT2D eigenvalue weighted by Gasteiger charge is -2.26. The van der Waals surface area contributed by atoms with E-state index in [-0.39, 0.29) is 40.9 Å². The standard InChI is InChI=1S/C21H22N2O6S2/c1-2-29-21(24)15-30-20-9-8-18(14-19(20)23(25)26)31(27,28)22-12-10-17(11-13-22)16-6-4-3-5-7-16/h3-10,14H,2,11-13,15H2,1H3. The SMILES string of the molecule is CCOC(=O)CSc1ccc(S(=O)(=O)N2CC=C(c3ccccc3)CC2)cc1[N+](=O)[O-]. The van der Waals surface area contributed by atoms with Crippen LogP contribution < -0.4 is 0 Å². The van der Waals surface area contributed by atoms with Crippen LogP contribution in [0.1, 0.15) is 18.9 Å². The van der Waals surface area contributed by atoms with Crippen molar-refractivity contribution < 1.29 is 22.9 Å². The van der Waals surface area contributed by atoms with Gasteiger partial charge in [-0.05, 0) is 36.6 Å². The van der Waals surface area contributed by atoms with Crippen LogP contribution >= 0.6 is 11.8 Å². The first-order valence-electron chi connectivity index (χ1n) is 9.64. The number of sulfonamides is 1. The minimum atomic E-state index is -3.90. The lowest BCUT2D eigenvalue weighted by atomic mass is 10.0. The van der Waals surface area contributed by atoms with Crippen molar-refractivity contribution in [1.82, 2.24) is 4.31 Å². The van der Waals surface area contributed by atoms with Crippen molar-refractivity contribution in [1.29, 1.82) is 0 Å². The molecule has 0 fully saturated rings. The molecule has 3 rings (SSSR count). The van der Waals surface area contributed by atoms with Gasteiger partial charge in [-0.15, -0.1) is 11.8 Å². The number of esters is 1. The Hall–Kier alpha value is -2.69. The average Bonchev–Trinajstić information content (AvgIpc) is 2.78. The molecule has 10 heteroatoms. The van der Waals surface area contributed by atoms with Gasteiger partial charge in [0.1, 0.15) is 0 Å². The monoisotopic (exact) mass is 462 g/mol. The number of nitro benzene ring substituents is 1. The highest BCUT2D eigenvalue weighted by Crippen LogP contribution is 2.33. The quantitative estimate of drug-likeness (QED) is 0.255. The van der Waals surface area contributed by atoms with E-state index < -0.39 is 20.9 Å². The number of thioether (sulfide) groups is 1. The lowest BCUT2D eigenvalue weighted by molar-refractivity contribution is -0.388. The van der Waals surface area contributed by atoms with Crippen LogP contribution in [-0.4, -0.2) is 49.1 Å². The summed E-state index contributed by atoms with van der Waals surface area (Å²) >= 11 is 0.942. The minimum absolute atomic E-state index is 0.0973. The third-order valence-electron chi connectivity index (χ3n) is 4.73. The summed E-state index contributed by atoms with van der Waals surface area (Å²) in [6.07, 6.45) is 2.42. The smallest absolute Gasteiger partial charge is 0.316 e. The molecule has 1 aliphatic rings. The second-order valence-electron chi connectivity index (χ2n) is 6.69. The maximum atomic E-state index is 13.1.